The van der Waals surface area contributed by atoms with Gasteiger partial charge in [0.15, 0.2) is 0 Å². The van der Waals surface area contributed by atoms with Crippen LogP contribution in [0.4, 0.5) is 26.1 Å². The fraction of sp³-hybridized carbons (Fsp3) is 0.0714. The van der Waals surface area contributed by atoms with Gasteiger partial charge >= 0.3 is 0 Å². The number of anilines is 3. The topological polar surface area (TPSA) is 104 Å². The minimum atomic E-state index is -0.495. The molecular weight excluding hydrogens is 488 g/mol. The number of nitrogens with one attached hydrogen (secondary N) is 1. The number of pyridine rings is 2. The number of nitrogen functional groups attached to an aromatic ring is 1. The number of hydrogen-bond acceptors (Lipinski definition) is 6. The Morgan fingerprint density at radius 3 is 2.37 bits per heavy atom. The second kappa shape index (κ2) is 8.77. The summed E-state index contributed by atoms with van der Waals surface area (Å²) >= 11 is 0. The third kappa shape index (κ3) is 3.74. The van der Waals surface area contributed by atoms with Crippen LogP contribution in [0.3, 0.4) is 0 Å². The minimum absolute atomic E-state index is 0.264. The Morgan fingerprint density at radius 1 is 0.842 bits per heavy atom. The molecule has 0 amide bonds. The van der Waals surface area contributed by atoms with Crippen molar-refractivity contribution in [3.8, 4) is 22.3 Å². The van der Waals surface area contributed by atoms with E-state index in [2.05, 4.69) is 20.3 Å². The quantitative estimate of drug-likeness (QED) is 0.341. The smallest absolute Gasteiger partial charge is 0.200 e. The standard InChI is InChI=1S/C28H21F2N7O/c1-36-12-19(15-3-5-16(29)6-4-15)25(38)24-22(36)9-10-32-27(24)35-17-7-8-18(21(30)11-17)20-13-37(2)28-23(20)26(31)33-14-34-28/h3-14H,1-2H3,(H,32,35)(H2,31,33,34). The Bertz CT molecular complexity index is 1930. The van der Waals surface area contributed by atoms with E-state index in [1.54, 1.807) is 65.1 Å². The van der Waals surface area contributed by atoms with Crippen LogP contribution in [0.5, 0.6) is 0 Å². The van der Waals surface area contributed by atoms with Gasteiger partial charge in [0.1, 0.15) is 35.2 Å². The molecule has 188 valence electrons. The van der Waals surface area contributed by atoms with Gasteiger partial charge in [0.05, 0.1) is 16.3 Å². The lowest BCUT2D eigenvalue weighted by atomic mass is 10.0. The number of hydrogen-bond donors (Lipinski definition) is 2. The molecule has 0 saturated carbocycles. The van der Waals surface area contributed by atoms with Crippen molar-refractivity contribution in [3.63, 3.8) is 0 Å². The van der Waals surface area contributed by atoms with E-state index in [9.17, 15) is 9.18 Å². The highest BCUT2D eigenvalue weighted by Gasteiger charge is 2.18. The van der Waals surface area contributed by atoms with Crippen molar-refractivity contribution < 1.29 is 8.78 Å². The van der Waals surface area contributed by atoms with Gasteiger partial charge in [0.25, 0.3) is 0 Å². The molecule has 0 aliphatic rings. The summed E-state index contributed by atoms with van der Waals surface area (Å²) in [6.45, 7) is 0. The first-order chi connectivity index (χ1) is 18.3. The summed E-state index contributed by atoms with van der Waals surface area (Å²) in [6, 6.07) is 12.1. The molecule has 10 heteroatoms. The van der Waals surface area contributed by atoms with E-state index < -0.39 is 5.82 Å². The Balaban J connectivity index is 1.44. The highest BCUT2D eigenvalue weighted by atomic mass is 19.1. The van der Waals surface area contributed by atoms with Gasteiger partial charge in [-0.1, -0.05) is 12.1 Å². The van der Waals surface area contributed by atoms with Gasteiger partial charge in [-0.2, -0.15) is 0 Å². The fourth-order valence-electron chi connectivity index (χ4n) is 4.74. The molecule has 3 N–H and O–H groups in total. The largest absolute Gasteiger partial charge is 0.383 e. The van der Waals surface area contributed by atoms with Gasteiger partial charge < -0.3 is 20.2 Å². The van der Waals surface area contributed by atoms with Gasteiger partial charge in [-0.15, -0.1) is 0 Å². The number of rotatable bonds is 4. The molecule has 0 atom stereocenters. The summed E-state index contributed by atoms with van der Waals surface area (Å²) in [5.41, 5.74) is 9.33. The second-order valence-electron chi connectivity index (χ2n) is 8.97. The average Bonchev–Trinajstić information content (AvgIpc) is 3.24. The fourth-order valence-corrected chi connectivity index (χ4v) is 4.74. The SMILES string of the molecule is Cn1cc(-c2ccc(F)cc2)c(=O)c2c(Nc3ccc(-c4cn(C)c5ncnc(N)c45)c(F)c3)nccc21. The number of aromatic nitrogens is 5. The lowest BCUT2D eigenvalue weighted by Crippen LogP contribution is -2.13. The van der Waals surface area contributed by atoms with E-state index in [0.717, 1.165) is 0 Å². The molecule has 0 saturated heterocycles. The molecule has 2 aromatic carbocycles. The molecule has 0 aliphatic heterocycles. The van der Waals surface area contributed by atoms with Crippen molar-refractivity contribution >= 4 is 39.3 Å². The zero-order chi connectivity index (χ0) is 26.6. The van der Waals surface area contributed by atoms with Crippen LogP contribution in [0.15, 0.2) is 78.2 Å². The number of halogens is 2. The van der Waals surface area contributed by atoms with Crippen molar-refractivity contribution in [3.05, 3.63) is 95.3 Å². The number of aryl methyl sites for hydroxylation is 2. The number of benzene rings is 2. The third-order valence-electron chi connectivity index (χ3n) is 6.56. The van der Waals surface area contributed by atoms with E-state index in [-0.39, 0.29) is 22.9 Å². The molecule has 38 heavy (non-hydrogen) atoms. The highest BCUT2D eigenvalue weighted by molar-refractivity contribution is 6.01. The van der Waals surface area contributed by atoms with Gasteiger partial charge in [-0.3, -0.25) is 4.79 Å². The molecule has 6 rings (SSSR count). The zero-order valence-corrected chi connectivity index (χ0v) is 20.4. The predicted octanol–water partition coefficient (Wildman–Crippen LogP) is 5.15. The molecule has 0 unspecified atom stereocenters. The monoisotopic (exact) mass is 509 g/mol. The molecule has 4 heterocycles. The zero-order valence-electron chi connectivity index (χ0n) is 20.4. The van der Waals surface area contributed by atoms with Crippen LogP contribution in [0, 0.1) is 11.6 Å². The van der Waals surface area contributed by atoms with Crippen LogP contribution in [-0.2, 0) is 14.1 Å². The molecule has 4 aromatic heterocycles. The summed E-state index contributed by atoms with van der Waals surface area (Å²) in [7, 11) is 3.62. The molecule has 6 aromatic rings. The van der Waals surface area contributed by atoms with Gasteiger partial charge in [-0.25, -0.2) is 23.7 Å². The molecule has 0 radical (unpaired) electrons. The van der Waals surface area contributed by atoms with Crippen molar-refractivity contribution in [2.75, 3.05) is 11.1 Å². The Labute approximate surface area is 215 Å². The van der Waals surface area contributed by atoms with Crippen molar-refractivity contribution in [2.45, 2.75) is 0 Å². The van der Waals surface area contributed by atoms with Gasteiger partial charge in [0.2, 0.25) is 5.43 Å². The van der Waals surface area contributed by atoms with Gasteiger partial charge in [-0.05, 0) is 42.0 Å². The lowest BCUT2D eigenvalue weighted by Gasteiger charge is -2.14. The number of fused-ring (bicyclic) bond motifs is 2. The first-order valence-corrected chi connectivity index (χ1v) is 11.7. The molecular formula is C28H21F2N7O. The van der Waals surface area contributed by atoms with Gasteiger partial charge in [0, 0.05) is 55.1 Å². The van der Waals surface area contributed by atoms with E-state index in [4.69, 9.17) is 5.73 Å². The molecule has 0 spiro atoms. The van der Waals surface area contributed by atoms with E-state index >= 15 is 4.39 Å². The van der Waals surface area contributed by atoms with Crippen LogP contribution in [0.1, 0.15) is 0 Å². The van der Waals surface area contributed by atoms with Crippen molar-refractivity contribution in [1.29, 1.82) is 0 Å². The molecule has 8 nitrogen and oxygen atoms in total. The van der Waals surface area contributed by atoms with E-state index in [1.807, 2.05) is 7.05 Å². The van der Waals surface area contributed by atoms with E-state index in [1.165, 1.54) is 24.5 Å². The maximum absolute atomic E-state index is 15.4. The average molecular weight is 510 g/mol. The summed E-state index contributed by atoms with van der Waals surface area (Å²) in [5.74, 6) is -0.340. The summed E-state index contributed by atoms with van der Waals surface area (Å²) in [4.78, 5) is 26.2. The van der Waals surface area contributed by atoms with E-state index in [0.29, 0.717) is 49.9 Å². The van der Waals surface area contributed by atoms with Crippen molar-refractivity contribution in [1.82, 2.24) is 24.1 Å². The van der Waals surface area contributed by atoms with Crippen LogP contribution >= 0.6 is 0 Å². The molecule has 0 bridgehead atoms. The highest BCUT2D eigenvalue weighted by Crippen LogP contribution is 2.35. The van der Waals surface area contributed by atoms with Crippen LogP contribution < -0.4 is 16.5 Å². The maximum atomic E-state index is 15.4. The van der Waals surface area contributed by atoms with Crippen LogP contribution in [0.25, 0.3) is 44.2 Å². The second-order valence-corrected chi connectivity index (χ2v) is 8.97. The Morgan fingerprint density at radius 2 is 1.61 bits per heavy atom. The van der Waals surface area contributed by atoms with Crippen LogP contribution in [-0.4, -0.2) is 24.1 Å². The number of nitrogens with zero attached hydrogens (tertiary/aromatic N) is 5. The first kappa shape index (κ1) is 23.3. The van der Waals surface area contributed by atoms with Crippen molar-refractivity contribution in [2.24, 2.45) is 14.1 Å². The summed E-state index contributed by atoms with van der Waals surface area (Å²) < 4.78 is 32.5. The minimum Gasteiger partial charge on any atom is -0.383 e. The predicted molar refractivity (Wildman–Crippen MR) is 144 cm³/mol. The Kier molecular flexibility index (Phi) is 5.37. The molecule has 0 fully saturated rings. The normalized spacial score (nSPS) is 11.4. The summed E-state index contributed by atoms with van der Waals surface area (Å²) in [6.07, 6.45) is 6.41. The molecule has 0 aliphatic carbocycles. The maximum Gasteiger partial charge on any atom is 0.200 e. The third-order valence-corrected chi connectivity index (χ3v) is 6.56. The van der Waals surface area contributed by atoms with Crippen LogP contribution in [0.2, 0.25) is 0 Å². The number of nitrogens with two attached hydrogens (primary N) is 1. The lowest BCUT2D eigenvalue weighted by molar-refractivity contribution is 0.628. The first-order valence-electron chi connectivity index (χ1n) is 11.7. The summed E-state index contributed by atoms with van der Waals surface area (Å²) in [5, 5.41) is 4.00. The Hall–Kier alpha value is -5.12.